The van der Waals surface area contributed by atoms with Crippen LogP contribution in [0.25, 0.3) is 0 Å². The van der Waals surface area contributed by atoms with Crippen LogP contribution in [0.4, 0.5) is 18.0 Å². The summed E-state index contributed by atoms with van der Waals surface area (Å²) < 4.78 is 58.5. The molecule has 9 unspecified atom stereocenters. The van der Waals surface area contributed by atoms with Crippen molar-refractivity contribution < 1.29 is 56.2 Å². The van der Waals surface area contributed by atoms with Crippen molar-refractivity contribution >= 4 is 47.0 Å². The molecule has 9 atom stereocenters. The Labute approximate surface area is 423 Å². The van der Waals surface area contributed by atoms with Crippen LogP contribution in [0.15, 0.2) is 45.2 Å². The molecule has 7 aliphatic rings. The second kappa shape index (κ2) is 23.2. The van der Waals surface area contributed by atoms with Crippen LogP contribution >= 0.6 is 11.8 Å². The Hall–Kier alpha value is -4.76. The van der Waals surface area contributed by atoms with E-state index in [-0.39, 0.29) is 116 Å². The molecule has 0 bridgehead atoms. The standard InChI is InChI=1S/C51H71F3N8O9S/c1-31(63)37-13-14-38-35-11-9-32-27-34(15-17-48(32,2)39(35)16-18-49(37,38)3)60-71-29-44(65)55-19-6-20-57-46(66)36-12-10-33(50(61-62-50)51(52,53)54)28-41(36)70-26-25-69-24-23-68-22-21-56-43(64)8-5-4-7-42-45-40(30-72-42)58-47(67)59-45/h10,12,27-28,35,37-40,42,45H,4-9,11,13-26,29-30H2,1-3H3,(H,55,65)(H,56,64)(H,57,66)(H2,58,59,67). The molecular weight excluding hydrogens is 958 g/mol. The van der Waals surface area contributed by atoms with Gasteiger partial charge in [0.25, 0.3) is 11.8 Å². The number of carbonyl (C=O) groups excluding carboxylic acids is 5. The largest absolute Gasteiger partial charge is 0.490 e. The van der Waals surface area contributed by atoms with E-state index in [1.807, 2.05) is 11.8 Å². The average Bonchev–Trinajstić information content (AvgIpc) is 3.82. The molecule has 3 aliphatic heterocycles. The molecular formula is C51H71F3N8O9S. The normalized spacial score (nSPS) is 30.2. The predicted octanol–water partition coefficient (Wildman–Crippen LogP) is 6.90. The summed E-state index contributed by atoms with van der Waals surface area (Å²) in [6.45, 7) is 7.70. The summed E-state index contributed by atoms with van der Waals surface area (Å²) in [6, 6.07) is 3.74. The van der Waals surface area contributed by atoms with E-state index in [9.17, 15) is 37.1 Å². The fourth-order valence-corrected chi connectivity index (χ4v) is 14.3. The van der Waals surface area contributed by atoms with E-state index in [0.717, 1.165) is 94.2 Å². The van der Waals surface area contributed by atoms with Crippen molar-refractivity contribution in [3.63, 3.8) is 0 Å². The number of ether oxygens (including phenoxy) is 3. The number of ketones is 1. The number of oxime groups is 1. The molecule has 72 heavy (non-hydrogen) atoms. The van der Waals surface area contributed by atoms with E-state index in [1.165, 1.54) is 11.6 Å². The molecule has 5 N–H and O–H groups in total. The topological polar surface area (TPSA) is 219 Å². The lowest BCUT2D eigenvalue weighted by atomic mass is 9.46. The third kappa shape index (κ3) is 12.1. The van der Waals surface area contributed by atoms with Crippen molar-refractivity contribution in [3.05, 3.63) is 41.0 Å². The lowest BCUT2D eigenvalue weighted by molar-refractivity contribution is -0.166. The number of rotatable bonds is 25. The van der Waals surface area contributed by atoms with Crippen LogP contribution in [0.5, 0.6) is 5.75 Å². The third-order valence-corrected chi connectivity index (χ3v) is 18.1. The van der Waals surface area contributed by atoms with Crippen molar-refractivity contribution in [2.45, 2.75) is 133 Å². The van der Waals surface area contributed by atoms with Gasteiger partial charge in [-0.15, -0.1) is 10.2 Å². The highest BCUT2D eigenvalue weighted by atomic mass is 32.2. The monoisotopic (exact) mass is 1030 g/mol. The van der Waals surface area contributed by atoms with Gasteiger partial charge in [0.2, 0.25) is 5.91 Å². The molecule has 0 spiro atoms. The van der Waals surface area contributed by atoms with Crippen LogP contribution in [0.2, 0.25) is 0 Å². The van der Waals surface area contributed by atoms with Gasteiger partial charge in [-0.05, 0) is 124 Å². The Morgan fingerprint density at radius 1 is 0.861 bits per heavy atom. The Balaban J connectivity index is 0.697. The summed E-state index contributed by atoms with van der Waals surface area (Å²) in [5.41, 5.74) is -0.503. The number of hydrogen-bond acceptors (Lipinski definition) is 13. The first-order valence-electron chi connectivity index (χ1n) is 25.9. The molecule has 5 fully saturated rings. The summed E-state index contributed by atoms with van der Waals surface area (Å²) >= 11 is 1.85. The number of allylic oxidation sites excluding steroid dienone is 2. The van der Waals surface area contributed by atoms with E-state index in [4.69, 9.17) is 19.0 Å². The number of Topliss-reactive ketones (excluding diaryl/α,β-unsaturated/α-hetero) is 1. The lowest BCUT2D eigenvalue weighted by Crippen LogP contribution is -2.51. The molecule has 1 aromatic rings. The van der Waals surface area contributed by atoms with E-state index in [1.54, 1.807) is 6.92 Å². The number of benzene rings is 1. The van der Waals surface area contributed by atoms with Crippen molar-refractivity contribution in [3.8, 4) is 5.75 Å². The Bertz CT molecular complexity index is 2260. The number of alkyl halides is 3. The molecule has 8 rings (SSSR count). The van der Waals surface area contributed by atoms with Gasteiger partial charge in [-0.25, -0.2) is 4.79 Å². The number of thioether (sulfide) groups is 1. The summed E-state index contributed by atoms with van der Waals surface area (Å²) in [4.78, 5) is 67.7. The quantitative estimate of drug-likeness (QED) is 0.0388. The van der Waals surface area contributed by atoms with Crippen LogP contribution in [0, 0.1) is 34.5 Å². The number of carbonyl (C=O) groups is 5. The molecule has 3 saturated carbocycles. The van der Waals surface area contributed by atoms with Gasteiger partial charge >= 0.3 is 17.9 Å². The fourth-order valence-electron chi connectivity index (χ4n) is 12.8. The first-order valence-corrected chi connectivity index (χ1v) is 26.9. The molecule has 17 nitrogen and oxygen atoms in total. The maximum atomic E-state index is 13.9. The zero-order valence-electron chi connectivity index (χ0n) is 41.7. The van der Waals surface area contributed by atoms with E-state index in [0.29, 0.717) is 48.2 Å². The highest BCUT2D eigenvalue weighted by molar-refractivity contribution is 8.00. The summed E-state index contributed by atoms with van der Waals surface area (Å²) in [7, 11) is 0. The first-order chi connectivity index (χ1) is 34.5. The molecule has 0 aromatic heterocycles. The van der Waals surface area contributed by atoms with E-state index >= 15 is 0 Å². The summed E-state index contributed by atoms with van der Waals surface area (Å²) in [5, 5.41) is 25.5. The van der Waals surface area contributed by atoms with Crippen molar-refractivity contribution in [2.24, 2.45) is 49.9 Å². The fraction of sp³-hybridized carbons (Fsp3) is 0.725. The molecule has 5 amide bonds. The molecule has 4 aliphatic carbocycles. The van der Waals surface area contributed by atoms with Gasteiger partial charge in [0.15, 0.2) is 6.61 Å². The minimum Gasteiger partial charge on any atom is -0.490 e. The van der Waals surface area contributed by atoms with Crippen LogP contribution in [-0.4, -0.2) is 124 Å². The highest BCUT2D eigenvalue weighted by Crippen LogP contribution is 2.66. The molecule has 1 aromatic carbocycles. The number of unbranched alkanes of at least 4 members (excludes halogenated alkanes) is 1. The highest BCUT2D eigenvalue weighted by Gasteiger charge is 2.65. The van der Waals surface area contributed by atoms with Gasteiger partial charge in [-0.2, -0.15) is 24.9 Å². The number of nitrogens with zero attached hydrogens (tertiary/aromatic N) is 3. The Morgan fingerprint density at radius 2 is 1.62 bits per heavy atom. The van der Waals surface area contributed by atoms with Crippen LogP contribution in [0.1, 0.15) is 120 Å². The lowest BCUT2D eigenvalue weighted by Gasteiger charge is -2.58. The number of urea groups is 1. The van der Waals surface area contributed by atoms with Gasteiger partial charge in [-0.3, -0.25) is 19.2 Å². The van der Waals surface area contributed by atoms with Gasteiger partial charge in [0.1, 0.15) is 18.1 Å². The average molecular weight is 1030 g/mol. The third-order valence-electron chi connectivity index (χ3n) is 16.6. The van der Waals surface area contributed by atoms with Crippen molar-refractivity contribution in [1.29, 1.82) is 0 Å². The second-order valence-corrected chi connectivity index (χ2v) is 22.2. The van der Waals surface area contributed by atoms with E-state index < -0.39 is 17.7 Å². The van der Waals surface area contributed by atoms with Crippen molar-refractivity contribution in [1.82, 2.24) is 26.6 Å². The van der Waals surface area contributed by atoms with Gasteiger partial charge in [-0.1, -0.05) is 37.1 Å². The Morgan fingerprint density at radius 3 is 2.40 bits per heavy atom. The number of hydrogen-bond donors (Lipinski definition) is 5. The minimum atomic E-state index is -4.78. The van der Waals surface area contributed by atoms with Crippen molar-refractivity contribution in [2.75, 3.05) is 65.0 Å². The van der Waals surface area contributed by atoms with Crippen LogP contribution in [0.3, 0.4) is 0 Å². The van der Waals surface area contributed by atoms with Crippen LogP contribution in [-0.2, 0) is 34.4 Å². The maximum Gasteiger partial charge on any atom is 0.442 e. The van der Waals surface area contributed by atoms with Gasteiger partial charge < -0.3 is 45.6 Å². The Kier molecular flexibility index (Phi) is 17.2. The molecule has 21 heteroatoms. The predicted molar refractivity (Wildman–Crippen MR) is 262 cm³/mol. The summed E-state index contributed by atoms with van der Waals surface area (Å²) in [6.07, 6.45) is 9.12. The second-order valence-electron chi connectivity index (χ2n) is 21.0. The zero-order valence-corrected chi connectivity index (χ0v) is 42.5. The zero-order chi connectivity index (χ0) is 51.1. The van der Waals surface area contributed by atoms with E-state index in [2.05, 4.69) is 61.9 Å². The molecule has 3 heterocycles. The maximum absolute atomic E-state index is 13.9. The van der Waals surface area contributed by atoms with Crippen LogP contribution < -0.4 is 31.3 Å². The smallest absolute Gasteiger partial charge is 0.442 e. The number of halogens is 3. The molecule has 396 valence electrons. The van der Waals surface area contributed by atoms with Gasteiger partial charge in [0.05, 0.1) is 49.8 Å². The molecule has 2 saturated heterocycles. The SMILES string of the molecule is CC(=O)C1CCC2C3CCC4=CC(=NOCC(=O)NCCCNC(=O)c5ccc(C6(C(F)(F)F)N=N6)cc5OCCOCCOCCNC(=O)CCCCC5SCC6NC(=O)NC65)CCC4(C)C3CCC12C. The number of amides is 5. The summed E-state index contributed by atoms with van der Waals surface area (Å²) in [5.74, 6) is 2.21. The number of fused-ring (bicyclic) bond motifs is 6. The van der Waals surface area contributed by atoms with Gasteiger partial charge in [0, 0.05) is 48.5 Å². The minimum absolute atomic E-state index is 0.00520. The molecule has 0 radical (unpaired) electrons. The first kappa shape index (κ1) is 53.5. The number of nitrogens with one attached hydrogen (secondary N) is 5.